The van der Waals surface area contributed by atoms with E-state index in [4.69, 9.17) is 9.73 Å². The molecule has 1 aromatic carbocycles. The summed E-state index contributed by atoms with van der Waals surface area (Å²) in [6.07, 6.45) is 2.76. The monoisotopic (exact) mass is 495 g/mol. The lowest BCUT2D eigenvalue weighted by Gasteiger charge is -2.37. The predicted molar refractivity (Wildman–Crippen MR) is 126 cm³/mol. The van der Waals surface area contributed by atoms with Crippen molar-refractivity contribution in [1.29, 1.82) is 0 Å². The molecule has 28 heavy (non-hydrogen) atoms. The summed E-state index contributed by atoms with van der Waals surface area (Å²) in [7, 11) is 1.70. The van der Waals surface area contributed by atoms with Crippen molar-refractivity contribution in [1.82, 2.24) is 15.2 Å². The molecule has 0 atom stereocenters. The standard InChI is InChI=1S/C21H29N5O.HI/c1-3-22-21(24-12-10-18-7-6-8-19(17-18)27-2)26-15-13-25(14-16-26)20-9-4-5-11-23-20;/h4-9,11,17H,3,10,12-16H2,1-2H3,(H,22,24);1H. The van der Waals surface area contributed by atoms with Gasteiger partial charge in [0.15, 0.2) is 5.96 Å². The first-order valence-electron chi connectivity index (χ1n) is 9.62. The second-order valence-electron chi connectivity index (χ2n) is 6.50. The second kappa shape index (κ2) is 11.7. The Labute approximate surface area is 185 Å². The number of rotatable bonds is 6. The molecule has 0 radical (unpaired) electrons. The highest BCUT2D eigenvalue weighted by Gasteiger charge is 2.20. The van der Waals surface area contributed by atoms with Gasteiger partial charge in [-0.05, 0) is 43.2 Å². The largest absolute Gasteiger partial charge is 0.497 e. The summed E-state index contributed by atoms with van der Waals surface area (Å²) in [6, 6.07) is 14.3. The van der Waals surface area contributed by atoms with Gasteiger partial charge >= 0.3 is 0 Å². The van der Waals surface area contributed by atoms with E-state index in [1.165, 1.54) is 5.56 Å². The molecule has 0 amide bonds. The van der Waals surface area contributed by atoms with Crippen LogP contribution >= 0.6 is 24.0 Å². The first-order valence-corrected chi connectivity index (χ1v) is 9.62. The Morgan fingerprint density at radius 1 is 1.14 bits per heavy atom. The zero-order valence-corrected chi connectivity index (χ0v) is 19.0. The van der Waals surface area contributed by atoms with Gasteiger partial charge in [0.25, 0.3) is 0 Å². The highest BCUT2D eigenvalue weighted by molar-refractivity contribution is 14.0. The molecule has 1 aliphatic rings. The zero-order valence-electron chi connectivity index (χ0n) is 16.7. The minimum atomic E-state index is 0. The molecular formula is C21H30IN5O. The second-order valence-corrected chi connectivity index (χ2v) is 6.50. The molecule has 1 aromatic heterocycles. The number of piperazine rings is 1. The first-order chi connectivity index (χ1) is 13.3. The third-order valence-electron chi connectivity index (χ3n) is 4.68. The van der Waals surface area contributed by atoms with Gasteiger partial charge in [-0.2, -0.15) is 0 Å². The fourth-order valence-electron chi connectivity index (χ4n) is 3.23. The quantitative estimate of drug-likeness (QED) is 0.380. The Balaban J connectivity index is 0.00000280. The smallest absolute Gasteiger partial charge is 0.194 e. The lowest BCUT2D eigenvalue weighted by atomic mass is 10.1. The Hall–Kier alpha value is -2.03. The van der Waals surface area contributed by atoms with E-state index in [-0.39, 0.29) is 24.0 Å². The molecule has 0 saturated carbocycles. The zero-order chi connectivity index (χ0) is 18.9. The van der Waals surface area contributed by atoms with Crippen LogP contribution in [0.15, 0.2) is 53.7 Å². The van der Waals surface area contributed by atoms with Crippen molar-refractivity contribution in [2.45, 2.75) is 13.3 Å². The van der Waals surface area contributed by atoms with E-state index in [0.717, 1.165) is 63.2 Å². The molecule has 1 fully saturated rings. The van der Waals surface area contributed by atoms with Gasteiger partial charge in [-0.15, -0.1) is 24.0 Å². The molecule has 152 valence electrons. The van der Waals surface area contributed by atoms with Gasteiger partial charge in [0, 0.05) is 45.5 Å². The number of methoxy groups -OCH3 is 1. The number of halogens is 1. The van der Waals surface area contributed by atoms with Crippen LogP contribution in [0.4, 0.5) is 5.82 Å². The fraction of sp³-hybridized carbons (Fsp3) is 0.429. The Morgan fingerprint density at radius 2 is 1.96 bits per heavy atom. The summed E-state index contributed by atoms with van der Waals surface area (Å²) in [5.41, 5.74) is 1.24. The van der Waals surface area contributed by atoms with Gasteiger partial charge in [-0.1, -0.05) is 18.2 Å². The molecule has 0 bridgehead atoms. The van der Waals surface area contributed by atoms with Gasteiger partial charge < -0.3 is 19.9 Å². The van der Waals surface area contributed by atoms with Gasteiger partial charge in [0.1, 0.15) is 11.6 Å². The molecule has 0 spiro atoms. The van der Waals surface area contributed by atoms with Crippen molar-refractivity contribution in [3.05, 3.63) is 54.2 Å². The number of benzene rings is 1. The predicted octanol–water partition coefficient (Wildman–Crippen LogP) is 3.04. The summed E-state index contributed by atoms with van der Waals surface area (Å²) in [4.78, 5) is 14.0. The number of anilines is 1. The van der Waals surface area contributed by atoms with E-state index < -0.39 is 0 Å². The first kappa shape index (κ1) is 22.3. The average molecular weight is 495 g/mol. The van der Waals surface area contributed by atoms with Crippen LogP contribution < -0.4 is 15.0 Å². The van der Waals surface area contributed by atoms with E-state index in [1.54, 1.807) is 7.11 Å². The van der Waals surface area contributed by atoms with Crippen LogP contribution in [0.1, 0.15) is 12.5 Å². The van der Waals surface area contributed by atoms with Crippen molar-refractivity contribution in [3.8, 4) is 5.75 Å². The van der Waals surface area contributed by atoms with Gasteiger partial charge in [0.05, 0.1) is 7.11 Å². The summed E-state index contributed by atoms with van der Waals surface area (Å²) < 4.78 is 5.30. The molecule has 1 N–H and O–H groups in total. The summed E-state index contributed by atoms with van der Waals surface area (Å²) >= 11 is 0. The van der Waals surface area contributed by atoms with Crippen molar-refractivity contribution < 1.29 is 4.74 Å². The lowest BCUT2D eigenvalue weighted by Crippen LogP contribution is -2.52. The van der Waals surface area contributed by atoms with Gasteiger partial charge in [-0.25, -0.2) is 4.98 Å². The van der Waals surface area contributed by atoms with Gasteiger partial charge in [-0.3, -0.25) is 4.99 Å². The van der Waals surface area contributed by atoms with Crippen LogP contribution in [-0.4, -0.2) is 62.2 Å². The number of aliphatic imine (C=N–C) groups is 1. The van der Waals surface area contributed by atoms with Crippen LogP contribution in [-0.2, 0) is 6.42 Å². The lowest BCUT2D eigenvalue weighted by molar-refractivity contribution is 0.371. The normalized spacial score (nSPS) is 14.4. The van der Waals surface area contributed by atoms with Crippen LogP contribution in [0, 0.1) is 0 Å². The molecule has 2 heterocycles. The van der Waals surface area contributed by atoms with Gasteiger partial charge in [0.2, 0.25) is 0 Å². The molecule has 0 unspecified atom stereocenters. The van der Waals surface area contributed by atoms with E-state index >= 15 is 0 Å². The SMILES string of the molecule is CCNC(=NCCc1cccc(OC)c1)N1CCN(c2ccccn2)CC1.I. The molecule has 1 saturated heterocycles. The highest BCUT2D eigenvalue weighted by atomic mass is 127. The Morgan fingerprint density at radius 3 is 2.64 bits per heavy atom. The van der Waals surface area contributed by atoms with Crippen LogP contribution in [0.25, 0.3) is 0 Å². The maximum atomic E-state index is 5.30. The van der Waals surface area contributed by atoms with Crippen molar-refractivity contribution >= 4 is 35.8 Å². The number of ether oxygens (including phenoxy) is 1. The fourth-order valence-corrected chi connectivity index (χ4v) is 3.23. The third-order valence-corrected chi connectivity index (χ3v) is 4.68. The number of hydrogen-bond acceptors (Lipinski definition) is 4. The minimum Gasteiger partial charge on any atom is -0.497 e. The van der Waals surface area contributed by atoms with Crippen LogP contribution in [0.5, 0.6) is 5.75 Å². The summed E-state index contributed by atoms with van der Waals surface area (Å²) in [5.74, 6) is 2.95. The molecule has 6 nitrogen and oxygen atoms in total. The number of pyridine rings is 1. The number of nitrogens with zero attached hydrogens (tertiary/aromatic N) is 4. The maximum absolute atomic E-state index is 5.30. The summed E-state index contributed by atoms with van der Waals surface area (Å²) in [5, 5.41) is 3.43. The van der Waals surface area contributed by atoms with E-state index in [9.17, 15) is 0 Å². The number of aromatic nitrogens is 1. The van der Waals surface area contributed by atoms with E-state index in [1.807, 2.05) is 30.5 Å². The topological polar surface area (TPSA) is 53.0 Å². The Bertz CT molecular complexity index is 733. The molecular weight excluding hydrogens is 465 g/mol. The molecule has 2 aromatic rings. The number of nitrogens with one attached hydrogen (secondary N) is 1. The van der Waals surface area contributed by atoms with Crippen molar-refractivity contribution in [2.24, 2.45) is 4.99 Å². The minimum absolute atomic E-state index is 0. The van der Waals surface area contributed by atoms with Crippen molar-refractivity contribution in [2.75, 3.05) is 51.3 Å². The van der Waals surface area contributed by atoms with Crippen LogP contribution in [0.2, 0.25) is 0 Å². The van der Waals surface area contributed by atoms with E-state index in [0.29, 0.717) is 0 Å². The third kappa shape index (κ3) is 6.25. The average Bonchev–Trinajstić information content (AvgIpc) is 2.74. The van der Waals surface area contributed by atoms with Crippen molar-refractivity contribution in [3.63, 3.8) is 0 Å². The Kier molecular flexibility index (Phi) is 9.33. The van der Waals surface area contributed by atoms with E-state index in [2.05, 4.69) is 45.2 Å². The summed E-state index contributed by atoms with van der Waals surface area (Å²) in [6.45, 7) is 7.55. The number of hydrogen-bond donors (Lipinski definition) is 1. The molecule has 1 aliphatic heterocycles. The maximum Gasteiger partial charge on any atom is 0.194 e. The van der Waals surface area contributed by atoms with Crippen LogP contribution in [0.3, 0.4) is 0 Å². The molecule has 7 heteroatoms. The highest BCUT2D eigenvalue weighted by Crippen LogP contribution is 2.14. The molecule has 0 aliphatic carbocycles. The number of guanidine groups is 1. The molecule has 3 rings (SSSR count).